The van der Waals surface area contributed by atoms with Gasteiger partial charge in [0.05, 0.1) is 18.1 Å². The number of carbonyl (C=O) groups is 2. The summed E-state index contributed by atoms with van der Waals surface area (Å²) in [6, 6.07) is 9.87. The van der Waals surface area contributed by atoms with E-state index in [2.05, 4.69) is 5.32 Å². The van der Waals surface area contributed by atoms with E-state index in [1.807, 2.05) is 24.3 Å². The number of hydrogen-bond acceptors (Lipinski definition) is 6. The number of amides is 3. The molecule has 0 aromatic heterocycles. The SMILES string of the molecule is O=C1NC2(CCCc3ccccc32)C(=O)N1Cc1cc([N+](=O)[O-])cc2c1OCOC2. The third-order valence-corrected chi connectivity index (χ3v) is 5.96. The highest BCUT2D eigenvalue weighted by molar-refractivity contribution is 6.07. The number of nitro benzene ring substituents is 1. The van der Waals surface area contributed by atoms with E-state index >= 15 is 0 Å². The minimum atomic E-state index is -1.09. The van der Waals surface area contributed by atoms with Crippen molar-refractivity contribution in [3.63, 3.8) is 0 Å². The van der Waals surface area contributed by atoms with Gasteiger partial charge in [0.2, 0.25) is 0 Å². The lowest BCUT2D eigenvalue weighted by molar-refractivity contribution is -0.385. The van der Waals surface area contributed by atoms with Gasteiger partial charge in [-0.2, -0.15) is 0 Å². The molecule has 3 aliphatic rings. The molecule has 1 saturated heterocycles. The van der Waals surface area contributed by atoms with Crippen LogP contribution < -0.4 is 10.1 Å². The van der Waals surface area contributed by atoms with Crippen LogP contribution >= 0.6 is 0 Å². The molecular weight excluding hydrogens is 390 g/mol. The van der Waals surface area contributed by atoms with Gasteiger partial charge < -0.3 is 14.8 Å². The van der Waals surface area contributed by atoms with Crippen LogP contribution in [-0.4, -0.2) is 28.6 Å². The summed E-state index contributed by atoms with van der Waals surface area (Å²) in [5.74, 6) is 0.0874. The zero-order valence-corrected chi connectivity index (χ0v) is 16.1. The molecule has 0 saturated carbocycles. The van der Waals surface area contributed by atoms with Gasteiger partial charge in [-0.05, 0) is 30.4 Å². The molecule has 1 fully saturated rings. The Hall–Kier alpha value is -3.46. The van der Waals surface area contributed by atoms with Crippen molar-refractivity contribution in [1.82, 2.24) is 10.2 Å². The summed E-state index contributed by atoms with van der Waals surface area (Å²) in [6.07, 6.45) is 2.15. The predicted octanol–water partition coefficient (Wildman–Crippen LogP) is 2.74. The third kappa shape index (κ3) is 2.73. The van der Waals surface area contributed by atoms with Crippen LogP contribution in [0.25, 0.3) is 0 Å². The third-order valence-electron chi connectivity index (χ3n) is 5.96. The highest BCUT2D eigenvalue weighted by atomic mass is 16.7. The van der Waals surface area contributed by atoms with Crippen LogP contribution in [0.15, 0.2) is 36.4 Å². The van der Waals surface area contributed by atoms with Crippen LogP contribution in [0, 0.1) is 10.1 Å². The molecule has 2 heterocycles. The Bertz CT molecular complexity index is 1080. The fraction of sp³-hybridized carbons (Fsp3) is 0.333. The first-order valence-corrected chi connectivity index (χ1v) is 9.73. The second-order valence-corrected chi connectivity index (χ2v) is 7.70. The van der Waals surface area contributed by atoms with E-state index < -0.39 is 16.5 Å². The molecular formula is C21H19N3O6. The molecule has 2 aliphatic heterocycles. The summed E-state index contributed by atoms with van der Waals surface area (Å²) in [5.41, 5.74) is 1.58. The van der Waals surface area contributed by atoms with Gasteiger partial charge in [0.15, 0.2) is 6.79 Å². The lowest BCUT2D eigenvalue weighted by atomic mass is 9.76. The minimum Gasteiger partial charge on any atom is -0.467 e. The first kappa shape index (κ1) is 18.6. The van der Waals surface area contributed by atoms with E-state index in [9.17, 15) is 19.7 Å². The minimum absolute atomic E-state index is 0.00919. The summed E-state index contributed by atoms with van der Waals surface area (Å²) in [5, 5.41) is 14.2. The Morgan fingerprint density at radius 3 is 2.87 bits per heavy atom. The molecule has 2 aromatic rings. The van der Waals surface area contributed by atoms with Crippen molar-refractivity contribution in [3.05, 3.63) is 68.8 Å². The molecule has 9 nitrogen and oxygen atoms in total. The number of aryl methyl sites for hydroxylation is 1. The van der Waals surface area contributed by atoms with E-state index in [0.29, 0.717) is 23.3 Å². The fourth-order valence-corrected chi connectivity index (χ4v) is 4.63. The van der Waals surface area contributed by atoms with Crippen molar-refractivity contribution in [1.29, 1.82) is 0 Å². The van der Waals surface area contributed by atoms with Gasteiger partial charge in [-0.15, -0.1) is 0 Å². The van der Waals surface area contributed by atoms with Crippen LogP contribution in [0.5, 0.6) is 5.75 Å². The second-order valence-electron chi connectivity index (χ2n) is 7.70. The molecule has 9 heteroatoms. The van der Waals surface area contributed by atoms with Gasteiger partial charge >= 0.3 is 6.03 Å². The normalized spacial score (nSPS) is 22.3. The summed E-state index contributed by atoms with van der Waals surface area (Å²) < 4.78 is 10.8. The first-order valence-electron chi connectivity index (χ1n) is 9.73. The molecule has 5 rings (SSSR count). The molecule has 1 N–H and O–H groups in total. The maximum atomic E-state index is 13.5. The number of imide groups is 1. The smallest absolute Gasteiger partial charge is 0.325 e. The molecule has 154 valence electrons. The quantitative estimate of drug-likeness (QED) is 0.474. The molecule has 0 bridgehead atoms. The van der Waals surface area contributed by atoms with Gasteiger partial charge in [0.25, 0.3) is 11.6 Å². The number of nitrogens with one attached hydrogen (secondary N) is 1. The Labute approximate surface area is 171 Å². The van der Waals surface area contributed by atoms with Crippen molar-refractivity contribution in [2.45, 2.75) is 38.0 Å². The largest absolute Gasteiger partial charge is 0.467 e. The van der Waals surface area contributed by atoms with E-state index in [4.69, 9.17) is 9.47 Å². The van der Waals surface area contributed by atoms with Crippen molar-refractivity contribution in [3.8, 4) is 5.75 Å². The number of urea groups is 1. The standard InChI is InChI=1S/C21H19N3O6/c25-19-21(7-3-5-13-4-1-2-6-17(13)21)22-20(26)23(19)10-14-8-16(24(27)28)9-15-11-29-12-30-18(14)15/h1-2,4,6,8-9H,3,5,7,10-12H2,(H,22,26). The van der Waals surface area contributed by atoms with Gasteiger partial charge in [-0.25, -0.2) is 4.79 Å². The lowest BCUT2D eigenvalue weighted by Gasteiger charge is -2.33. The number of rotatable bonds is 3. The zero-order chi connectivity index (χ0) is 20.9. The fourth-order valence-electron chi connectivity index (χ4n) is 4.63. The van der Waals surface area contributed by atoms with Crippen LogP contribution in [0.3, 0.4) is 0 Å². The van der Waals surface area contributed by atoms with Crippen molar-refractivity contribution < 1.29 is 24.0 Å². The Balaban J connectivity index is 1.53. The number of fused-ring (bicyclic) bond motifs is 3. The number of benzene rings is 2. The maximum Gasteiger partial charge on any atom is 0.325 e. The zero-order valence-electron chi connectivity index (χ0n) is 16.1. The lowest BCUT2D eigenvalue weighted by Crippen LogP contribution is -2.46. The van der Waals surface area contributed by atoms with Crippen molar-refractivity contribution >= 4 is 17.6 Å². The molecule has 2 aromatic carbocycles. The van der Waals surface area contributed by atoms with Gasteiger partial charge in [0, 0.05) is 23.3 Å². The monoisotopic (exact) mass is 409 g/mol. The van der Waals surface area contributed by atoms with Gasteiger partial charge in [-0.1, -0.05) is 24.3 Å². The molecule has 1 unspecified atom stereocenters. The summed E-state index contributed by atoms with van der Waals surface area (Å²) in [7, 11) is 0. The predicted molar refractivity (Wildman–Crippen MR) is 104 cm³/mol. The van der Waals surface area contributed by atoms with Gasteiger partial charge in [-0.3, -0.25) is 19.8 Å². The molecule has 1 aliphatic carbocycles. The van der Waals surface area contributed by atoms with Crippen LogP contribution in [0.1, 0.15) is 35.1 Å². The molecule has 0 radical (unpaired) electrons. The van der Waals surface area contributed by atoms with Gasteiger partial charge in [0.1, 0.15) is 11.3 Å². The topological polar surface area (TPSA) is 111 Å². The van der Waals surface area contributed by atoms with E-state index in [-0.39, 0.29) is 31.5 Å². The average Bonchev–Trinajstić information content (AvgIpc) is 2.98. The Morgan fingerprint density at radius 2 is 2.03 bits per heavy atom. The molecule has 1 atom stereocenters. The number of nitro groups is 1. The van der Waals surface area contributed by atoms with E-state index in [0.717, 1.165) is 28.9 Å². The maximum absolute atomic E-state index is 13.5. The number of carbonyl (C=O) groups excluding carboxylic acids is 2. The number of hydrogen-bond donors (Lipinski definition) is 1. The average molecular weight is 409 g/mol. The molecule has 3 amide bonds. The Morgan fingerprint density at radius 1 is 1.20 bits per heavy atom. The first-order chi connectivity index (χ1) is 14.5. The van der Waals surface area contributed by atoms with E-state index in [1.54, 1.807) is 0 Å². The number of nitrogens with zero attached hydrogens (tertiary/aromatic N) is 2. The van der Waals surface area contributed by atoms with Crippen LogP contribution in [-0.2, 0) is 34.6 Å². The molecule has 1 spiro atoms. The number of ether oxygens (including phenoxy) is 2. The molecule has 30 heavy (non-hydrogen) atoms. The van der Waals surface area contributed by atoms with Crippen molar-refractivity contribution in [2.24, 2.45) is 0 Å². The van der Waals surface area contributed by atoms with Crippen LogP contribution in [0.2, 0.25) is 0 Å². The summed E-state index contributed by atoms with van der Waals surface area (Å²) in [6.45, 7) is 0.0648. The summed E-state index contributed by atoms with van der Waals surface area (Å²) >= 11 is 0. The second kappa shape index (κ2) is 6.81. The van der Waals surface area contributed by atoms with Crippen LogP contribution in [0.4, 0.5) is 10.5 Å². The highest BCUT2D eigenvalue weighted by Crippen LogP contribution is 2.41. The Kier molecular flexibility index (Phi) is 4.21. The summed E-state index contributed by atoms with van der Waals surface area (Å²) in [4.78, 5) is 38.3. The number of non-ortho nitro benzene ring substituents is 1. The highest BCUT2D eigenvalue weighted by Gasteiger charge is 2.54. The van der Waals surface area contributed by atoms with E-state index in [1.165, 1.54) is 12.1 Å². The van der Waals surface area contributed by atoms with Crippen molar-refractivity contribution in [2.75, 3.05) is 6.79 Å².